The van der Waals surface area contributed by atoms with E-state index in [0.29, 0.717) is 29.2 Å². The van der Waals surface area contributed by atoms with Crippen LogP contribution in [0.4, 0.5) is 11.4 Å². The number of phenolic OH excluding ortho intramolecular Hbond substituents is 1. The highest BCUT2D eigenvalue weighted by Gasteiger charge is 2.15. The summed E-state index contributed by atoms with van der Waals surface area (Å²) < 4.78 is 11.5. The second-order valence-corrected chi connectivity index (χ2v) is 7.55. The summed E-state index contributed by atoms with van der Waals surface area (Å²) in [6.45, 7) is 2.18. The summed E-state index contributed by atoms with van der Waals surface area (Å²) in [4.78, 5) is 22.9. The molecule has 0 aromatic heterocycles. The Hall–Kier alpha value is -4.55. The molecule has 0 atom stereocenters. The zero-order valence-corrected chi connectivity index (χ0v) is 19.3. The Morgan fingerprint density at radius 3 is 2.46 bits per heavy atom. The van der Waals surface area contributed by atoms with Crippen LogP contribution in [0.1, 0.15) is 18.1 Å². The molecule has 0 aliphatic rings. The third-order valence-corrected chi connectivity index (χ3v) is 4.94. The lowest BCUT2D eigenvalue weighted by molar-refractivity contribution is -0.384. The molecule has 3 aromatic rings. The number of carbonyl (C=O) groups is 1. The van der Waals surface area contributed by atoms with E-state index in [2.05, 4.69) is 5.32 Å². The van der Waals surface area contributed by atoms with Crippen LogP contribution in [0.25, 0.3) is 6.08 Å². The van der Waals surface area contributed by atoms with Crippen molar-refractivity contribution in [1.82, 2.24) is 0 Å². The lowest BCUT2D eigenvalue weighted by atomic mass is 10.1. The number of phenols is 1. The topological polar surface area (TPSA) is 135 Å². The van der Waals surface area contributed by atoms with Gasteiger partial charge in [0.15, 0.2) is 11.5 Å². The van der Waals surface area contributed by atoms with Crippen molar-refractivity contribution in [3.63, 3.8) is 0 Å². The maximum Gasteiger partial charge on any atom is 0.269 e. The minimum absolute atomic E-state index is 0.0272. The van der Waals surface area contributed by atoms with E-state index < -0.39 is 10.8 Å². The predicted octanol–water partition coefficient (Wildman–Crippen LogP) is 5.48. The number of rotatable bonds is 9. The fourth-order valence-electron chi connectivity index (χ4n) is 3.00. The predicted molar refractivity (Wildman–Crippen MR) is 130 cm³/mol. The van der Waals surface area contributed by atoms with Crippen molar-refractivity contribution in [2.24, 2.45) is 0 Å². The highest BCUT2D eigenvalue weighted by molar-refractivity contribution is 6.32. The van der Waals surface area contributed by atoms with Gasteiger partial charge in [-0.2, -0.15) is 5.26 Å². The maximum absolute atomic E-state index is 12.5. The first-order valence-corrected chi connectivity index (χ1v) is 10.7. The standard InChI is InChI=1S/C25H20ClN3O6/c1-2-34-23-13-17(11-18(14-27)25(31)28-19-5-9-21(30)10-6-19)12-22(26)24(23)35-15-16-3-7-20(8-4-16)29(32)33/h3-13,30H,2,15H2,1H3,(H,28,31)/b18-11+. The molecule has 0 saturated heterocycles. The summed E-state index contributed by atoms with van der Waals surface area (Å²) in [7, 11) is 0. The van der Waals surface area contributed by atoms with Gasteiger partial charge in [-0.25, -0.2) is 0 Å². The molecule has 0 aliphatic carbocycles. The molecule has 3 aromatic carbocycles. The molecule has 0 radical (unpaired) electrons. The fraction of sp³-hybridized carbons (Fsp3) is 0.120. The summed E-state index contributed by atoms with van der Waals surface area (Å²) in [6.07, 6.45) is 1.37. The van der Waals surface area contributed by atoms with Crippen LogP contribution in [0.15, 0.2) is 66.2 Å². The monoisotopic (exact) mass is 493 g/mol. The van der Waals surface area contributed by atoms with Crippen LogP contribution < -0.4 is 14.8 Å². The van der Waals surface area contributed by atoms with Crippen LogP contribution in [0, 0.1) is 21.4 Å². The molecule has 0 fully saturated rings. The number of amides is 1. The number of anilines is 1. The summed E-state index contributed by atoms with van der Waals surface area (Å²) in [5, 5.41) is 32.4. The van der Waals surface area contributed by atoms with E-state index in [4.69, 9.17) is 21.1 Å². The average molecular weight is 494 g/mol. The first-order valence-electron chi connectivity index (χ1n) is 10.4. The van der Waals surface area contributed by atoms with Gasteiger partial charge in [-0.15, -0.1) is 0 Å². The molecule has 9 nitrogen and oxygen atoms in total. The third-order valence-electron chi connectivity index (χ3n) is 4.66. The highest BCUT2D eigenvalue weighted by Crippen LogP contribution is 2.38. The molecule has 178 valence electrons. The minimum Gasteiger partial charge on any atom is -0.508 e. The summed E-state index contributed by atoms with van der Waals surface area (Å²) in [5.74, 6) is -0.0146. The first kappa shape index (κ1) is 25.1. The van der Waals surface area contributed by atoms with Crippen LogP contribution in [0.2, 0.25) is 5.02 Å². The average Bonchev–Trinajstić information content (AvgIpc) is 2.83. The number of nitriles is 1. The number of ether oxygens (including phenoxy) is 2. The quantitative estimate of drug-likeness (QED) is 0.132. The third kappa shape index (κ3) is 6.72. The van der Waals surface area contributed by atoms with E-state index in [9.17, 15) is 25.3 Å². The molecule has 10 heteroatoms. The number of nitro groups is 1. The van der Waals surface area contributed by atoms with E-state index in [0.717, 1.165) is 0 Å². The lowest BCUT2D eigenvalue weighted by Gasteiger charge is -2.15. The van der Waals surface area contributed by atoms with Crippen LogP contribution in [-0.2, 0) is 11.4 Å². The van der Waals surface area contributed by atoms with E-state index in [1.54, 1.807) is 25.1 Å². The number of aromatic hydroxyl groups is 1. The Balaban J connectivity index is 1.81. The molecule has 0 spiro atoms. The van der Waals surface area contributed by atoms with Crippen LogP contribution in [-0.4, -0.2) is 22.5 Å². The molecule has 0 bridgehead atoms. The Kier molecular flexibility index (Phi) is 8.27. The minimum atomic E-state index is -0.634. The fourth-order valence-corrected chi connectivity index (χ4v) is 3.28. The number of non-ortho nitro benzene ring substituents is 1. The van der Waals surface area contributed by atoms with Crippen molar-refractivity contribution in [2.75, 3.05) is 11.9 Å². The normalized spacial score (nSPS) is 10.8. The molecule has 3 rings (SSSR count). The largest absolute Gasteiger partial charge is 0.508 e. The van der Waals surface area contributed by atoms with Crippen molar-refractivity contribution in [3.05, 3.63) is 92.5 Å². The number of nitro benzene ring substituents is 1. The van der Waals surface area contributed by atoms with E-state index in [1.807, 2.05) is 6.07 Å². The molecule has 0 saturated carbocycles. The Bertz CT molecular complexity index is 1300. The molecule has 0 aliphatic heterocycles. The number of nitrogens with one attached hydrogen (secondary N) is 1. The first-order chi connectivity index (χ1) is 16.8. The number of hydrogen-bond acceptors (Lipinski definition) is 7. The Morgan fingerprint density at radius 1 is 1.17 bits per heavy atom. The van der Waals surface area contributed by atoms with Crippen molar-refractivity contribution >= 4 is 35.0 Å². The number of nitrogens with zero attached hydrogens (tertiary/aromatic N) is 2. The van der Waals surface area contributed by atoms with Crippen molar-refractivity contribution in [3.8, 4) is 23.3 Å². The van der Waals surface area contributed by atoms with Crippen LogP contribution >= 0.6 is 11.6 Å². The number of hydrogen-bond donors (Lipinski definition) is 2. The number of carbonyl (C=O) groups excluding carboxylic acids is 1. The van der Waals surface area contributed by atoms with Crippen molar-refractivity contribution < 1.29 is 24.3 Å². The van der Waals surface area contributed by atoms with Crippen molar-refractivity contribution in [2.45, 2.75) is 13.5 Å². The molecule has 1 amide bonds. The van der Waals surface area contributed by atoms with Crippen LogP contribution in [0.5, 0.6) is 17.2 Å². The summed E-state index contributed by atoms with van der Waals surface area (Å²) >= 11 is 6.42. The second-order valence-electron chi connectivity index (χ2n) is 7.15. The Morgan fingerprint density at radius 2 is 1.86 bits per heavy atom. The van der Waals surface area contributed by atoms with Gasteiger partial charge < -0.3 is 19.9 Å². The van der Waals surface area contributed by atoms with Crippen molar-refractivity contribution in [1.29, 1.82) is 5.26 Å². The van der Waals surface area contributed by atoms with Gasteiger partial charge in [0.05, 0.1) is 16.6 Å². The van der Waals surface area contributed by atoms with Gasteiger partial charge in [0, 0.05) is 17.8 Å². The van der Waals surface area contributed by atoms with E-state index in [1.165, 1.54) is 48.5 Å². The summed E-state index contributed by atoms with van der Waals surface area (Å²) in [5.41, 5.74) is 1.35. The van der Waals surface area contributed by atoms with Gasteiger partial charge in [0.2, 0.25) is 0 Å². The maximum atomic E-state index is 12.5. The van der Waals surface area contributed by atoms with Gasteiger partial charge in [-0.3, -0.25) is 14.9 Å². The molecular formula is C25H20ClN3O6. The number of benzene rings is 3. The zero-order chi connectivity index (χ0) is 25.4. The molecule has 0 heterocycles. The van der Waals surface area contributed by atoms with Gasteiger partial charge in [0.25, 0.3) is 11.6 Å². The van der Waals surface area contributed by atoms with Gasteiger partial charge in [0.1, 0.15) is 24.0 Å². The van der Waals surface area contributed by atoms with E-state index in [-0.39, 0.29) is 34.4 Å². The van der Waals surface area contributed by atoms with E-state index >= 15 is 0 Å². The number of halogens is 1. The van der Waals surface area contributed by atoms with Crippen LogP contribution in [0.3, 0.4) is 0 Å². The van der Waals surface area contributed by atoms with Gasteiger partial charge in [-0.1, -0.05) is 11.6 Å². The highest BCUT2D eigenvalue weighted by atomic mass is 35.5. The Labute approximate surface area is 205 Å². The smallest absolute Gasteiger partial charge is 0.269 e. The zero-order valence-electron chi connectivity index (χ0n) is 18.5. The molecule has 0 unspecified atom stereocenters. The SMILES string of the molecule is CCOc1cc(/C=C(\C#N)C(=O)Nc2ccc(O)cc2)cc(Cl)c1OCc1ccc([N+](=O)[O-])cc1. The summed E-state index contributed by atoms with van der Waals surface area (Å²) in [6, 6.07) is 16.7. The second kappa shape index (κ2) is 11.5. The lowest BCUT2D eigenvalue weighted by Crippen LogP contribution is -2.13. The molecule has 2 N–H and O–H groups in total. The van der Waals surface area contributed by atoms with Gasteiger partial charge in [-0.05, 0) is 72.7 Å². The molecular weight excluding hydrogens is 474 g/mol. The van der Waals surface area contributed by atoms with Gasteiger partial charge >= 0.3 is 0 Å². The molecule has 35 heavy (non-hydrogen) atoms.